The lowest BCUT2D eigenvalue weighted by molar-refractivity contribution is 0.0770. The van der Waals surface area contributed by atoms with E-state index in [4.69, 9.17) is 4.74 Å². The van der Waals surface area contributed by atoms with Gasteiger partial charge in [0.2, 0.25) is 0 Å². The normalized spacial score (nSPS) is 10.3. The van der Waals surface area contributed by atoms with Crippen molar-refractivity contribution in [3.63, 3.8) is 0 Å². The highest BCUT2D eigenvalue weighted by molar-refractivity contribution is 7.14. The molecule has 0 fully saturated rings. The number of aromatic nitrogens is 1. The van der Waals surface area contributed by atoms with Gasteiger partial charge >= 0.3 is 0 Å². The topological polar surface area (TPSA) is 54.5 Å². The third-order valence-electron chi connectivity index (χ3n) is 4.21. The van der Waals surface area contributed by atoms with Gasteiger partial charge in [-0.2, -0.15) is 0 Å². The molecule has 2 aromatic carbocycles. The van der Waals surface area contributed by atoms with Crippen molar-refractivity contribution in [3.05, 3.63) is 83.9 Å². The van der Waals surface area contributed by atoms with E-state index in [0.717, 1.165) is 17.9 Å². The number of nitrogens with one attached hydrogen (secondary N) is 1. The van der Waals surface area contributed by atoms with E-state index in [1.165, 1.54) is 16.9 Å². The molecule has 0 saturated carbocycles. The Hall–Kier alpha value is -3.12. The fraction of sp³-hybridized carbons (Fsp3) is 0.182. The first-order valence-electron chi connectivity index (χ1n) is 9.00. The molecule has 0 radical (unpaired) electrons. The lowest BCUT2D eigenvalue weighted by Gasteiger charge is -2.20. The standard InChI is InChI=1S/C22H23N3O2S/c1-3-14-25(15-13-17-7-5-4-6-8-17)21(26)20-16-28-22(24-20)23-18-9-11-19(27-2)12-10-18/h3-12,16H,1,13-15H2,2H3,(H,23,24). The maximum absolute atomic E-state index is 12.9. The first-order valence-corrected chi connectivity index (χ1v) is 9.88. The Labute approximate surface area is 169 Å². The van der Waals surface area contributed by atoms with Crippen LogP contribution in [0.4, 0.5) is 10.8 Å². The molecule has 0 atom stereocenters. The Morgan fingerprint density at radius 2 is 1.96 bits per heavy atom. The largest absolute Gasteiger partial charge is 0.497 e. The average Bonchev–Trinajstić information content (AvgIpc) is 3.20. The third-order valence-corrected chi connectivity index (χ3v) is 4.97. The van der Waals surface area contributed by atoms with Gasteiger partial charge < -0.3 is 15.0 Å². The summed E-state index contributed by atoms with van der Waals surface area (Å²) in [5, 5.41) is 5.68. The zero-order valence-corrected chi connectivity index (χ0v) is 16.6. The molecular formula is C22H23N3O2S. The number of ether oxygens (including phenoxy) is 1. The zero-order chi connectivity index (χ0) is 19.8. The van der Waals surface area contributed by atoms with E-state index in [9.17, 15) is 4.79 Å². The quantitative estimate of drug-likeness (QED) is 0.532. The van der Waals surface area contributed by atoms with Crippen LogP contribution in [0.25, 0.3) is 0 Å². The number of thiazole rings is 1. The van der Waals surface area contributed by atoms with Gasteiger partial charge in [0.05, 0.1) is 7.11 Å². The van der Waals surface area contributed by atoms with Crippen LogP contribution in [0, 0.1) is 0 Å². The summed E-state index contributed by atoms with van der Waals surface area (Å²) in [4.78, 5) is 19.1. The molecule has 144 valence electrons. The maximum Gasteiger partial charge on any atom is 0.273 e. The Morgan fingerprint density at radius 3 is 2.64 bits per heavy atom. The number of nitrogens with zero attached hydrogens (tertiary/aromatic N) is 2. The molecule has 0 aliphatic heterocycles. The van der Waals surface area contributed by atoms with Gasteiger partial charge in [-0.25, -0.2) is 4.98 Å². The molecule has 3 rings (SSSR count). The van der Waals surface area contributed by atoms with Gasteiger partial charge in [0.1, 0.15) is 11.4 Å². The Morgan fingerprint density at radius 1 is 1.21 bits per heavy atom. The number of methoxy groups -OCH3 is 1. The summed E-state index contributed by atoms with van der Waals surface area (Å²) in [6, 6.07) is 17.7. The Bertz CT molecular complexity index is 907. The summed E-state index contributed by atoms with van der Waals surface area (Å²) in [6.45, 7) is 4.88. The third kappa shape index (κ3) is 5.20. The molecule has 0 aliphatic rings. The van der Waals surface area contributed by atoms with Crippen LogP contribution in [0.1, 0.15) is 16.1 Å². The number of carbonyl (C=O) groups excluding carboxylic acids is 1. The second-order valence-corrected chi connectivity index (χ2v) is 7.02. The average molecular weight is 394 g/mol. The van der Waals surface area contributed by atoms with Crippen molar-refractivity contribution in [2.75, 3.05) is 25.5 Å². The number of anilines is 2. The predicted molar refractivity (Wildman–Crippen MR) is 115 cm³/mol. The van der Waals surface area contributed by atoms with Gasteiger partial charge in [-0.15, -0.1) is 17.9 Å². The minimum absolute atomic E-state index is 0.0881. The van der Waals surface area contributed by atoms with E-state index < -0.39 is 0 Å². The summed E-state index contributed by atoms with van der Waals surface area (Å²) in [7, 11) is 1.63. The maximum atomic E-state index is 12.9. The minimum Gasteiger partial charge on any atom is -0.497 e. The molecule has 1 aromatic heterocycles. The van der Waals surface area contributed by atoms with Gasteiger partial charge in [-0.05, 0) is 36.2 Å². The molecule has 5 nitrogen and oxygen atoms in total. The summed E-state index contributed by atoms with van der Waals surface area (Å²) < 4.78 is 5.16. The fourth-order valence-corrected chi connectivity index (χ4v) is 3.43. The van der Waals surface area contributed by atoms with Crippen LogP contribution in [0.15, 0.2) is 72.6 Å². The summed E-state index contributed by atoms with van der Waals surface area (Å²) in [6.07, 6.45) is 2.54. The smallest absolute Gasteiger partial charge is 0.273 e. The SMILES string of the molecule is C=CCN(CCc1ccccc1)C(=O)c1csc(Nc2ccc(OC)cc2)n1. The van der Waals surface area contributed by atoms with Crippen LogP contribution in [0.2, 0.25) is 0 Å². The number of carbonyl (C=O) groups is 1. The molecule has 0 aliphatic carbocycles. The highest BCUT2D eigenvalue weighted by Gasteiger charge is 2.18. The second kappa shape index (κ2) is 9.71. The zero-order valence-electron chi connectivity index (χ0n) is 15.8. The van der Waals surface area contributed by atoms with Gasteiger partial charge in [-0.3, -0.25) is 4.79 Å². The second-order valence-electron chi connectivity index (χ2n) is 6.17. The van der Waals surface area contributed by atoms with E-state index in [1.54, 1.807) is 23.5 Å². The van der Waals surface area contributed by atoms with Crippen LogP contribution < -0.4 is 10.1 Å². The molecule has 3 aromatic rings. The minimum atomic E-state index is -0.0881. The number of hydrogen-bond donors (Lipinski definition) is 1. The number of hydrogen-bond acceptors (Lipinski definition) is 5. The van der Waals surface area contributed by atoms with Crippen molar-refractivity contribution in [1.82, 2.24) is 9.88 Å². The van der Waals surface area contributed by atoms with Gasteiger partial charge in [0, 0.05) is 24.2 Å². The molecule has 6 heteroatoms. The monoisotopic (exact) mass is 393 g/mol. The molecule has 0 unspecified atom stereocenters. The number of amides is 1. The predicted octanol–water partition coefficient (Wildman–Crippen LogP) is 4.77. The first-order chi connectivity index (χ1) is 13.7. The van der Waals surface area contributed by atoms with Crippen molar-refractivity contribution < 1.29 is 9.53 Å². The van der Waals surface area contributed by atoms with Crippen LogP contribution in [-0.4, -0.2) is 36.0 Å². The number of benzene rings is 2. The van der Waals surface area contributed by atoms with E-state index in [2.05, 4.69) is 29.0 Å². The van der Waals surface area contributed by atoms with Crippen molar-refractivity contribution >= 4 is 28.1 Å². The van der Waals surface area contributed by atoms with Crippen molar-refractivity contribution in [2.45, 2.75) is 6.42 Å². The molecule has 1 N–H and O–H groups in total. The van der Waals surface area contributed by atoms with Crippen LogP contribution in [0.5, 0.6) is 5.75 Å². The fourth-order valence-electron chi connectivity index (χ4n) is 2.73. The summed E-state index contributed by atoms with van der Waals surface area (Å²) in [5.41, 5.74) is 2.53. The lowest BCUT2D eigenvalue weighted by Crippen LogP contribution is -2.33. The Kier molecular flexibility index (Phi) is 6.81. The molecule has 0 saturated heterocycles. The lowest BCUT2D eigenvalue weighted by atomic mass is 10.1. The van der Waals surface area contributed by atoms with Crippen molar-refractivity contribution in [3.8, 4) is 5.75 Å². The van der Waals surface area contributed by atoms with E-state index >= 15 is 0 Å². The number of rotatable bonds is 9. The van der Waals surface area contributed by atoms with Crippen LogP contribution >= 0.6 is 11.3 Å². The molecule has 0 spiro atoms. The summed E-state index contributed by atoms with van der Waals surface area (Å²) >= 11 is 1.41. The van der Waals surface area contributed by atoms with Crippen LogP contribution in [-0.2, 0) is 6.42 Å². The molecule has 1 amide bonds. The van der Waals surface area contributed by atoms with E-state index in [1.807, 2.05) is 42.5 Å². The van der Waals surface area contributed by atoms with Crippen molar-refractivity contribution in [2.24, 2.45) is 0 Å². The highest BCUT2D eigenvalue weighted by atomic mass is 32.1. The van der Waals surface area contributed by atoms with E-state index in [0.29, 0.717) is 23.9 Å². The van der Waals surface area contributed by atoms with Gasteiger partial charge in [0.25, 0.3) is 5.91 Å². The van der Waals surface area contributed by atoms with E-state index in [-0.39, 0.29) is 5.91 Å². The molecular weight excluding hydrogens is 370 g/mol. The van der Waals surface area contributed by atoms with Gasteiger partial charge in [0.15, 0.2) is 5.13 Å². The molecule has 0 bridgehead atoms. The first kappa shape index (κ1) is 19.6. The van der Waals surface area contributed by atoms with Crippen LogP contribution in [0.3, 0.4) is 0 Å². The highest BCUT2D eigenvalue weighted by Crippen LogP contribution is 2.23. The summed E-state index contributed by atoms with van der Waals surface area (Å²) in [5.74, 6) is 0.703. The van der Waals surface area contributed by atoms with Crippen molar-refractivity contribution in [1.29, 1.82) is 0 Å². The molecule has 1 heterocycles. The Balaban J connectivity index is 1.65. The molecule has 28 heavy (non-hydrogen) atoms. The van der Waals surface area contributed by atoms with Gasteiger partial charge in [-0.1, -0.05) is 36.4 Å².